The number of aromatic carboxylic acids is 1. The van der Waals surface area contributed by atoms with Crippen molar-refractivity contribution in [3.63, 3.8) is 0 Å². The Bertz CT molecular complexity index is 640. The second kappa shape index (κ2) is 5.83. The molecular formula is C13H14ClN3O3. The third-order valence-corrected chi connectivity index (χ3v) is 3.13. The standard InChI is InChI=1S/C13H14ClN3O3/c1-3-17-5-4-15-13(17)16-10-7-11(20-2)8(12(18)19)6-9(10)14/h4-7H,3H2,1-2H3,(H,15,16)(H,18,19). The molecule has 0 amide bonds. The number of aromatic nitrogens is 2. The van der Waals surface area contributed by atoms with E-state index >= 15 is 0 Å². The molecular weight excluding hydrogens is 282 g/mol. The number of anilines is 2. The van der Waals surface area contributed by atoms with Crippen LogP contribution in [0.1, 0.15) is 17.3 Å². The summed E-state index contributed by atoms with van der Waals surface area (Å²) in [5, 5.41) is 12.4. The van der Waals surface area contributed by atoms with E-state index in [2.05, 4.69) is 10.3 Å². The molecule has 2 aromatic rings. The maximum atomic E-state index is 11.1. The van der Waals surface area contributed by atoms with Crippen molar-refractivity contribution in [3.05, 3.63) is 35.1 Å². The molecule has 106 valence electrons. The van der Waals surface area contributed by atoms with Gasteiger partial charge in [0.2, 0.25) is 5.95 Å². The predicted octanol–water partition coefficient (Wildman–Crippen LogP) is 3.01. The molecule has 1 aromatic carbocycles. The first kappa shape index (κ1) is 14.2. The number of carboxylic acid groups (broad SMARTS) is 1. The Kier molecular flexibility index (Phi) is 4.14. The zero-order chi connectivity index (χ0) is 14.7. The number of nitrogens with one attached hydrogen (secondary N) is 1. The van der Waals surface area contributed by atoms with Gasteiger partial charge in [-0.3, -0.25) is 0 Å². The molecule has 0 aliphatic carbocycles. The molecule has 2 rings (SSSR count). The maximum absolute atomic E-state index is 11.1. The van der Waals surface area contributed by atoms with E-state index in [4.69, 9.17) is 21.4 Å². The van der Waals surface area contributed by atoms with Crippen LogP contribution in [0.5, 0.6) is 5.75 Å². The van der Waals surface area contributed by atoms with Gasteiger partial charge in [-0.2, -0.15) is 0 Å². The monoisotopic (exact) mass is 295 g/mol. The third kappa shape index (κ3) is 2.70. The van der Waals surface area contributed by atoms with Crippen LogP contribution in [0.15, 0.2) is 24.5 Å². The molecule has 0 unspecified atom stereocenters. The Morgan fingerprint density at radius 1 is 1.55 bits per heavy atom. The van der Waals surface area contributed by atoms with Gasteiger partial charge in [0, 0.05) is 25.0 Å². The van der Waals surface area contributed by atoms with Crippen molar-refractivity contribution < 1.29 is 14.6 Å². The first-order valence-corrected chi connectivity index (χ1v) is 6.33. The Balaban J connectivity index is 2.40. The Hall–Kier alpha value is -2.21. The lowest BCUT2D eigenvalue weighted by Crippen LogP contribution is -2.05. The molecule has 0 fully saturated rings. The van der Waals surface area contributed by atoms with E-state index in [-0.39, 0.29) is 16.3 Å². The van der Waals surface area contributed by atoms with E-state index in [1.54, 1.807) is 12.3 Å². The molecule has 6 nitrogen and oxygen atoms in total. The lowest BCUT2D eigenvalue weighted by molar-refractivity contribution is 0.0693. The zero-order valence-corrected chi connectivity index (χ0v) is 11.8. The van der Waals surface area contributed by atoms with Crippen molar-refractivity contribution in [2.75, 3.05) is 12.4 Å². The van der Waals surface area contributed by atoms with Crippen molar-refractivity contribution in [1.29, 1.82) is 0 Å². The second-order valence-electron chi connectivity index (χ2n) is 4.00. The zero-order valence-electron chi connectivity index (χ0n) is 11.1. The lowest BCUT2D eigenvalue weighted by Gasteiger charge is -2.12. The second-order valence-corrected chi connectivity index (χ2v) is 4.41. The number of carboxylic acids is 1. The Morgan fingerprint density at radius 2 is 2.30 bits per heavy atom. The molecule has 1 aromatic heterocycles. The number of rotatable bonds is 5. The summed E-state index contributed by atoms with van der Waals surface area (Å²) in [7, 11) is 1.41. The quantitative estimate of drug-likeness (QED) is 0.887. The number of nitrogens with zero attached hydrogens (tertiary/aromatic N) is 2. The fraction of sp³-hybridized carbons (Fsp3) is 0.231. The van der Waals surface area contributed by atoms with Crippen LogP contribution in [0, 0.1) is 0 Å². The van der Waals surface area contributed by atoms with Crippen molar-refractivity contribution in [2.24, 2.45) is 0 Å². The van der Waals surface area contributed by atoms with Gasteiger partial charge in [0.15, 0.2) is 0 Å². The summed E-state index contributed by atoms with van der Waals surface area (Å²) < 4.78 is 6.97. The Labute approximate surface area is 121 Å². The molecule has 7 heteroatoms. The van der Waals surface area contributed by atoms with E-state index in [0.717, 1.165) is 6.54 Å². The summed E-state index contributed by atoms with van der Waals surface area (Å²) in [5.41, 5.74) is 0.552. The highest BCUT2D eigenvalue weighted by atomic mass is 35.5. The van der Waals surface area contributed by atoms with Crippen molar-refractivity contribution in [3.8, 4) is 5.75 Å². The van der Waals surface area contributed by atoms with Gasteiger partial charge in [0.05, 0.1) is 17.8 Å². The predicted molar refractivity (Wildman–Crippen MR) is 76.1 cm³/mol. The number of carbonyl (C=O) groups is 1. The number of aryl methyl sites for hydroxylation is 1. The highest BCUT2D eigenvalue weighted by Gasteiger charge is 2.15. The molecule has 1 heterocycles. The number of hydrogen-bond acceptors (Lipinski definition) is 4. The summed E-state index contributed by atoms with van der Waals surface area (Å²) in [6.45, 7) is 2.74. The third-order valence-electron chi connectivity index (χ3n) is 2.82. The van der Waals surface area contributed by atoms with Gasteiger partial charge in [-0.25, -0.2) is 9.78 Å². The molecule has 2 N–H and O–H groups in total. The van der Waals surface area contributed by atoms with Gasteiger partial charge in [-0.15, -0.1) is 0 Å². The van der Waals surface area contributed by atoms with Gasteiger partial charge in [0.1, 0.15) is 11.3 Å². The van der Waals surface area contributed by atoms with Crippen LogP contribution in [0.2, 0.25) is 5.02 Å². The molecule has 0 aliphatic rings. The minimum absolute atomic E-state index is 0.0156. The normalized spacial score (nSPS) is 10.3. The molecule has 0 radical (unpaired) electrons. The van der Waals surface area contributed by atoms with Gasteiger partial charge in [-0.05, 0) is 13.0 Å². The van der Waals surface area contributed by atoms with Crippen molar-refractivity contribution in [1.82, 2.24) is 9.55 Å². The van der Waals surface area contributed by atoms with E-state index in [1.165, 1.54) is 13.2 Å². The van der Waals surface area contributed by atoms with Gasteiger partial charge >= 0.3 is 5.97 Å². The van der Waals surface area contributed by atoms with Gasteiger partial charge < -0.3 is 19.7 Å². The van der Waals surface area contributed by atoms with E-state index in [0.29, 0.717) is 11.6 Å². The van der Waals surface area contributed by atoms with Crippen LogP contribution < -0.4 is 10.1 Å². The minimum Gasteiger partial charge on any atom is -0.496 e. The number of methoxy groups -OCH3 is 1. The highest BCUT2D eigenvalue weighted by molar-refractivity contribution is 6.33. The number of hydrogen-bond donors (Lipinski definition) is 2. The average molecular weight is 296 g/mol. The summed E-state index contributed by atoms with van der Waals surface area (Å²) in [6, 6.07) is 2.89. The lowest BCUT2D eigenvalue weighted by atomic mass is 10.2. The average Bonchev–Trinajstić information content (AvgIpc) is 2.87. The van der Waals surface area contributed by atoms with Crippen LogP contribution in [-0.2, 0) is 6.54 Å². The first-order chi connectivity index (χ1) is 9.56. The fourth-order valence-electron chi connectivity index (χ4n) is 1.79. The highest BCUT2D eigenvalue weighted by Crippen LogP contribution is 2.32. The van der Waals surface area contributed by atoms with E-state index < -0.39 is 5.97 Å². The molecule has 0 saturated carbocycles. The summed E-state index contributed by atoms with van der Waals surface area (Å²) >= 11 is 6.10. The van der Waals surface area contributed by atoms with E-state index in [1.807, 2.05) is 17.7 Å². The molecule has 0 saturated heterocycles. The molecule has 0 bridgehead atoms. The van der Waals surface area contributed by atoms with Crippen LogP contribution in [0.25, 0.3) is 0 Å². The van der Waals surface area contributed by atoms with Crippen LogP contribution >= 0.6 is 11.6 Å². The maximum Gasteiger partial charge on any atom is 0.339 e. The van der Waals surface area contributed by atoms with Crippen molar-refractivity contribution >= 4 is 29.2 Å². The molecule has 0 atom stereocenters. The smallest absolute Gasteiger partial charge is 0.339 e. The van der Waals surface area contributed by atoms with Crippen molar-refractivity contribution in [2.45, 2.75) is 13.5 Å². The Morgan fingerprint density at radius 3 is 2.90 bits per heavy atom. The summed E-state index contributed by atoms with van der Waals surface area (Å²) in [4.78, 5) is 15.3. The fourth-order valence-corrected chi connectivity index (χ4v) is 2.00. The van der Waals surface area contributed by atoms with Crippen LogP contribution in [0.3, 0.4) is 0 Å². The SMILES string of the molecule is CCn1ccnc1Nc1cc(OC)c(C(=O)O)cc1Cl. The molecule has 20 heavy (non-hydrogen) atoms. The van der Waals surface area contributed by atoms with Crippen LogP contribution in [0.4, 0.5) is 11.6 Å². The van der Waals surface area contributed by atoms with Gasteiger partial charge in [-0.1, -0.05) is 11.6 Å². The number of halogens is 1. The summed E-state index contributed by atoms with van der Waals surface area (Å²) in [6.07, 6.45) is 3.50. The number of imidazole rings is 1. The largest absolute Gasteiger partial charge is 0.496 e. The molecule has 0 spiro atoms. The van der Waals surface area contributed by atoms with Crippen LogP contribution in [-0.4, -0.2) is 27.7 Å². The minimum atomic E-state index is -1.09. The topological polar surface area (TPSA) is 76.4 Å². The van der Waals surface area contributed by atoms with Gasteiger partial charge in [0.25, 0.3) is 0 Å². The molecule has 0 aliphatic heterocycles. The first-order valence-electron chi connectivity index (χ1n) is 5.95. The summed E-state index contributed by atoms with van der Waals surface area (Å²) in [5.74, 6) is -0.233. The number of benzene rings is 1. The van der Waals surface area contributed by atoms with E-state index in [9.17, 15) is 4.79 Å². The number of ether oxygens (including phenoxy) is 1.